The summed E-state index contributed by atoms with van der Waals surface area (Å²) in [5, 5.41) is 12.7. The number of alkyl halides is 3. The molecule has 10 heteroatoms. The molecule has 0 unspecified atom stereocenters. The fourth-order valence-corrected chi connectivity index (χ4v) is 2.20. The number of anilines is 4. The Bertz CT molecular complexity index is 933. The van der Waals surface area contributed by atoms with E-state index < -0.39 is 17.6 Å². The Balaban J connectivity index is 1.84. The molecule has 0 saturated heterocycles. The molecule has 26 heavy (non-hydrogen) atoms. The molecule has 2 aromatic carbocycles. The van der Waals surface area contributed by atoms with Crippen LogP contribution in [0.2, 0.25) is 5.02 Å². The van der Waals surface area contributed by atoms with Crippen LogP contribution in [-0.2, 0) is 6.18 Å². The molecule has 0 amide bonds. The Morgan fingerprint density at radius 2 is 1.73 bits per heavy atom. The van der Waals surface area contributed by atoms with E-state index in [0.717, 1.165) is 18.2 Å². The molecule has 0 aliphatic carbocycles. The van der Waals surface area contributed by atoms with Crippen LogP contribution >= 0.6 is 11.6 Å². The third kappa shape index (κ3) is 4.17. The summed E-state index contributed by atoms with van der Waals surface area (Å²) in [4.78, 5) is 4.03. The lowest BCUT2D eigenvalue weighted by Crippen LogP contribution is -2.07. The van der Waals surface area contributed by atoms with E-state index in [-0.39, 0.29) is 28.2 Å². The lowest BCUT2D eigenvalue weighted by molar-refractivity contribution is -0.137. The predicted octanol–water partition coefficient (Wildman–Crippen LogP) is 5.17. The number of para-hydroxylation sites is 1. The van der Waals surface area contributed by atoms with E-state index in [1.54, 1.807) is 6.07 Å². The van der Waals surface area contributed by atoms with Gasteiger partial charge in [0.15, 0.2) is 5.82 Å². The van der Waals surface area contributed by atoms with Gasteiger partial charge in [-0.1, -0.05) is 23.7 Å². The van der Waals surface area contributed by atoms with Crippen LogP contribution in [0.15, 0.2) is 48.7 Å². The van der Waals surface area contributed by atoms with E-state index in [4.69, 9.17) is 11.6 Å². The van der Waals surface area contributed by atoms with Crippen molar-refractivity contribution in [1.82, 2.24) is 15.2 Å². The Labute approximate surface area is 150 Å². The summed E-state index contributed by atoms with van der Waals surface area (Å²) in [6.07, 6.45) is -3.28. The van der Waals surface area contributed by atoms with Gasteiger partial charge in [-0.2, -0.15) is 23.3 Å². The minimum absolute atomic E-state index is 0.0358. The van der Waals surface area contributed by atoms with Crippen molar-refractivity contribution >= 4 is 34.7 Å². The average molecular weight is 384 g/mol. The second-order valence-electron chi connectivity index (χ2n) is 5.09. The van der Waals surface area contributed by atoms with Crippen molar-refractivity contribution in [3.8, 4) is 0 Å². The Morgan fingerprint density at radius 1 is 0.962 bits per heavy atom. The fraction of sp³-hybridized carbons (Fsp3) is 0.0625. The maximum Gasteiger partial charge on any atom is 0.416 e. The summed E-state index contributed by atoms with van der Waals surface area (Å²) in [7, 11) is 0. The van der Waals surface area contributed by atoms with E-state index in [0.29, 0.717) is 0 Å². The summed E-state index contributed by atoms with van der Waals surface area (Å²) in [5.41, 5.74) is -0.750. The minimum atomic E-state index is -4.52. The molecular formula is C16H10ClF4N5. The van der Waals surface area contributed by atoms with Crippen molar-refractivity contribution in [2.24, 2.45) is 0 Å². The molecule has 3 aromatic rings. The number of benzene rings is 2. The lowest BCUT2D eigenvalue weighted by atomic mass is 10.2. The Morgan fingerprint density at radius 3 is 2.46 bits per heavy atom. The summed E-state index contributed by atoms with van der Waals surface area (Å²) in [6.45, 7) is 0. The predicted molar refractivity (Wildman–Crippen MR) is 89.2 cm³/mol. The van der Waals surface area contributed by atoms with Crippen LogP contribution < -0.4 is 10.6 Å². The summed E-state index contributed by atoms with van der Waals surface area (Å²) in [5.74, 6) is -0.454. The van der Waals surface area contributed by atoms with Gasteiger partial charge in [0.25, 0.3) is 0 Å². The van der Waals surface area contributed by atoms with E-state index in [1.165, 1.54) is 24.4 Å². The third-order valence-corrected chi connectivity index (χ3v) is 3.57. The number of aromatic nitrogens is 3. The van der Waals surface area contributed by atoms with Crippen molar-refractivity contribution in [2.45, 2.75) is 6.18 Å². The van der Waals surface area contributed by atoms with E-state index in [2.05, 4.69) is 25.8 Å². The first-order valence-electron chi connectivity index (χ1n) is 7.18. The molecule has 5 nitrogen and oxygen atoms in total. The third-order valence-electron chi connectivity index (χ3n) is 3.24. The van der Waals surface area contributed by atoms with E-state index in [9.17, 15) is 17.6 Å². The van der Waals surface area contributed by atoms with Crippen molar-refractivity contribution in [2.75, 3.05) is 10.6 Å². The van der Waals surface area contributed by atoms with Gasteiger partial charge in [0.2, 0.25) is 5.95 Å². The molecule has 0 radical (unpaired) electrons. The maximum atomic E-state index is 13.7. The van der Waals surface area contributed by atoms with Crippen LogP contribution in [0.25, 0.3) is 0 Å². The molecule has 0 bridgehead atoms. The highest BCUT2D eigenvalue weighted by Crippen LogP contribution is 2.34. The molecule has 0 spiro atoms. The number of halogens is 5. The smallest absolute Gasteiger partial charge is 0.336 e. The van der Waals surface area contributed by atoms with E-state index in [1.807, 2.05) is 0 Å². The van der Waals surface area contributed by atoms with Gasteiger partial charge in [0, 0.05) is 0 Å². The highest BCUT2D eigenvalue weighted by molar-refractivity contribution is 6.33. The molecule has 1 heterocycles. The largest absolute Gasteiger partial charge is 0.416 e. The van der Waals surface area contributed by atoms with Gasteiger partial charge in [0.05, 0.1) is 28.2 Å². The van der Waals surface area contributed by atoms with Gasteiger partial charge in [-0.05, 0) is 30.3 Å². The van der Waals surface area contributed by atoms with Crippen LogP contribution in [0.5, 0.6) is 0 Å². The molecule has 0 aliphatic heterocycles. The zero-order valence-corrected chi connectivity index (χ0v) is 13.6. The minimum Gasteiger partial charge on any atom is -0.336 e. The van der Waals surface area contributed by atoms with Gasteiger partial charge in [-0.3, -0.25) is 0 Å². The van der Waals surface area contributed by atoms with Gasteiger partial charge >= 0.3 is 6.18 Å². The zero-order chi connectivity index (χ0) is 18.7. The van der Waals surface area contributed by atoms with Crippen molar-refractivity contribution in [3.63, 3.8) is 0 Å². The molecule has 134 valence electrons. The highest BCUT2D eigenvalue weighted by Gasteiger charge is 2.31. The number of hydrogen-bond donors (Lipinski definition) is 2. The first-order chi connectivity index (χ1) is 12.3. The van der Waals surface area contributed by atoms with Crippen molar-refractivity contribution in [1.29, 1.82) is 0 Å². The molecule has 0 saturated carbocycles. The van der Waals surface area contributed by atoms with Gasteiger partial charge in [0.1, 0.15) is 5.82 Å². The van der Waals surface area contributed by atoms with Crippen LogP contribution in [0.4, 0.5) is 40.7 Å². The quantitative estimate of drug-likeness (QED) is 0.608. The van der Waals surface area contributed by atoms with E-state index >= 15 is 0 Å². The van der Waals surface area contributed by atoms with Crippen LogP contribution in [0, 0.1) is 5.82 Å². The first-order valence-corrected chi connectivity index (χ1v) is 7.56. The molecule has 0 atom stereocenters. The standard InChI is InChI=1S/C16H10ClF4N5/c17-10-6-5-9(16(19,20)21)7-13(10)24-15-25-14(8-22-26-15)23-12-4-2-1-3-11(12)18/h1-8H,(H2,23,24,25,26). The molecule has 1 aromatic heterocycles. The molecule has 0 fully saturated rings. The Kier molecular flexibility index (Phi) is 4.90. The average Bonchev–Trinajstić information content (AvgIpc) is 2.58. The molecule has 0 aliphatic rings. The second kappa shape index (κ2) is 7.12. The second-order valence-corrected chi connectivity index (χ2v) is 5.49. The van der Waals surface area contributed by atoms with Gasteiger partial charge in [-0.15, -0.1) is 5.10 Å². The van der Waals surface area contributed by atoms with Crippen molar-refractivity contribution < 1.29 is 17.6 Å². The van der Waals surface area contributed by atoms with Gasteiger partial charge < -0.3 is 10.6 Å². The number of nitrogens with one attached hydrogen (secondary N) is 2. The van der Waals surface area contributed by atoms with Gasteiger partial charge in [-0.25, -0.2) is 4.39 Å². The number of nitrogens with zero attached hydrogens (tertiary/aromatic N) is 3. The van der Waals surface area contributed by atoms with Crippen LogP contribution in [-0.4, -0.2) is 15.2 Å². The summed E-state index contributed by atoms with van der Waals surface area (Å²) >= 11 is 5.92. The SMILES string of the molecule is Fc1ccccc1Nc1cnnc(Nc2cc(C(F)(F)F)ccc2Cl)n1. The maximum absolute atomic E-state index is 13.7. The Hall–Kier alpha value is -2.94. The van der Waals surface area contributed by atoms with Crippen molar-refractivity contribution in [3.05, 3.63) is 65.1 Å². The number of rotatable bonds is 4. The highest BCUT2D eigenvalue weighted by atomic mass is 35.5. The molecular weight excluding hydrogens is 374 g/mol. The van der Waals surface area contributed by atoms with Crippen LogP contribution in [0.3, 0.4) is 0 Å². The normalized spacial score (nSPS) is 11.3. The zero-order valence-electron chi connectivity index (χ0n) is 12.9. The summed E-state index contributed by atoms with van der Waals surface area (Å²) in [6, 6.07) is 8.72. The first kappa shape index (κ1) is 17.9. The monoisotopic (exact) mass is 383 g/mol. The molecule has 2 N–H and O–H groups in total. The summed E-state index contributed by atoms with van der Waals surface area (Å²) < 4.78 is 52.1. The topological polar surface area (TPSA) is 62.7 Å². The molecule has 3 rings (SSSR count). The lowest BCUT2D eigenvalue weighted by Gasteiger charge is -2.12. The van der Waals surface area contributed by atoms with Crippen LogP contribution in [0.1, 0.15) is 5.56 Å². The fourth-order valence-electron chi connectivity index (χ4n) is 2.04. The number of hydrogen-bond acceptors (Lipinski definition) is 5.